The van der Waals surface area contributed by atoms with Crippen molar-refractivity contribution in [1.82, 2.24) is 0 Å². The van der Waals surface area contributed by atoms with E-state index >= 15 is 0 Å². The van der Waals surface area contributed by atoms with Crippen molar-refractivity contribution in [2.24, 2.45) is 0 Å². The third kappa shape index (κ3) is 3.71. The highest BCUT2D eigenvalue weighted by Gasteiger charge is 2.37. The molecule has 0 saturated heterocycles. The van der Waals surface area contributed by atoms with Gasteiger partial charge in [-0.1, -0.05) is 53.5 Å². The van der Waals surface area contributed by atoms with E-state index in [-0.39, 0.29) is 22.3 Å². The fourth-order valence-corrected chi connectivity index (χ4v) is 4.86. The van der Waals surface area contributed by atoms with Crippen molar-refractivity contribution >= 4 is 40.4 Å². The number of hydrogen-bond donors (Lipinski definition) is 2. The predicted molar refractivity (Wildman–Crippen MR) is 123 cm³/mol. The number of Topliss-reactive ketones (excluding diaryl/α,β-unsaturated/α-hetero) is 1. The number of carbonyl (C=O) groups excluding carboxylic acids is 1. The summed E-state index contributed by atoms with van der Waals surface area (Å²) in [5.74, 6) is -0.458. The lowest BCUT2D eigenvalue weighted by atomic mass is 9.78. The molecule has 156 valence electrons. The summed E-state index contributed by atoms with van der Waals surface area (Å²) in [5.41, 5.74) is 4.29. The van der Waals surface area contributed by atoms with E-state index in [4.69, 9.17) is 23.2 Å². The summed E-state index contributed by atoms with van der Waals surface area (Å²) in [6.07, 6.45) is 0.962. The quantitative estimate of drug-likeness (QED) is 0.435. The molecule has 2 aliphatic rings. The molecular formula is C25H19Cl2FN2O. The lowest BCUT2D eigenvalue weighted by Gasteiger charge is -2.30. The molecule has 6 heteroatoms. The number of hydrogen-bond acceptors (Lipinski definition) is 3. The van der Waals surface area contributed by atoms with Crippen molar-refractivity contribution in [2.75, 3.05) is 10.6 Å². The molecule has 3 aromatic carbocycles. The first-order chi connectivity index (χ1) is 15.0. The summed E-state index contributed by atoms with van der Waals surface area (Å²) in [6, 6.07) is 19.2. The van der Waals surface area contributed by atoms with Gasteiger partial charge in [-0.2, -0.15) is 0 Å². The molecule has 0 fully saturated rings. The largest absolute Gasteiger partial charge is 0.372 e. The molecule has 3 aromatic rings. The molecule has 0 saturated carbocycles. The zero-order chi connectivity index (χ0) is 21.5. The number of benzene rings is 3. The number of carbonyl (C=O) groups is 1. The van der Waals surface area contributed by atoms with Crippen molar-refractivity contribution in [3.63, 3.8) is 0 Å². The van der Waals surface area contributed by atoms with E-state index in [1.54, 1.807) is 12.1 Å². The topological polar surface area (TPSA) is 41.1 Å². The fraction of sp³-hybridized carbons (Fsp3) is 0.160. The Bertz CT molecular complexity index is 1190. The van der Waals surface area contributed by atoms with Crippen LogP contribution in [0.4, 0.5) is 15.8 Å². The number of para-hydroxylation sites is 2. The Hall–Kier alpha value is -2.82. The Morgan fingerprint density at radius 2 is 1.61 bits per heavy atom. The summed E-state index contributed by atoms with van der Waals surface area (Å²) < 4.78 is 14.9. The molecule has 2 N–H and O–H groups in total. The maximum Gasteiger partial charge on any atom is 0.163 e. The van der Waals surface area contributed by atoms with Crippen LogP contribution >= 0.6 is 23.2 Å². The molecule has 31 heavy (non-hydrogen) atoms. The van der Waals surface area contributed by atoms with Crippen LogP contribution < -0.4 is 10.6 Å². The van der Waals surface area contributed by atoms with Crippen molar-refractivity contribution in [3.8, 4) is 0 Å². The zero-order valence-electron chi connectivity index (χ0n) is 16.5. The Morgan fingerprint density at radius 3 is 2.35 bits per heavy atom. The maximum absolute atomic E-state index is 14.9. The smallest absolute Gasteiger partial charge is 0.163 e. The van der Waals surface area contributed by atoms with Crippen LogP contribution in [0, 0.1) is 5.82 Å². The molecular weight excluding hydrogens is 434 g/mol. The molecule has 0 bridgehead atoms. The highest BCUT2D eigenvalue weighted by atomic mass is 35.5. The average molecular weight is 453 g/mol. The van der Waals surface area contributed by atoms with Crippen LogP contribution in [0.5, 0.6) is 0 Å². The number of halogens is 3. The summed E-state index contributed by atoms with van der Waals surface area (Å²) in [4.78, 5) is 13.5. The minimum absolute atomic E-state index is 0.0121. The zero-order valence-corrected chi connectivity index (χ0v) is 18.0. The van der Waals surface area contributed by atoms with Gasteiger partial charge in [0.25, 0.3) is 0 Å². The summed E-state index contributed by atoms with van der Waals surface area (Å²) in [7, 11) is 0. The third-order valence-electron chi connectivity index (χ3n) is 5.94. The molecule has 3 nitrogen and oxygen atoms in total. The molecule has 2 atom stereocenters. The molecule has 5 rings (SSSR count). The Morgan fingerprint density at radius 1 is 0.871 bits per heavy atom. The van der Waals surface area contributed by atoms with Crippen molar-refractivity contribution in [2.45, 2.75) is 24.8 Å². The first-order valence-electron chi connectivity index (χ1n) is 10.1. The van der Waals surface area contributed by atoms with Gasteiger partial charge in [0.1, 0.15) is 5.82 Å². The molecule has 0 amide bonds. The summed E-state index contributed by atoms with van der Waals surface area (Å²) in [5, 5.41) is 7.76. The second kappa shape index (κ2) is 8.03. The maximum atomic E-state index is 14.9. The van der Waals surface area contributed by atoms with Gasteiger partial charge in [0.2, 0.25) is 0 Å². The van der Waals surface area contributed by atoms with Crippen LogP contribution in [0.1, 0.15) is 35.9 Å². The Balaban J connectivity index is 1.64. The van der Waals surface area contributed by atoms with Gasteiger partial charge < -0.3 is 10.6 Å². The van der Waals surface area contributed by atoms with E-state index < -0.39 is 11.9 Å². The second-order valence-corrected chi connectivity index (χ2v) is 8.70. The van der Waals surface area contributed by atoms with E-state index in [0.29, 0.717) is 23.4 Å². The van der Waals surface area contributed by atoms with E-state index in [1.807, 2.05) is 48.5 Å². The summed E-state index contributed by atoms with van der Waals surface area (Å²) in [6.45, 7) is 0. The molecule has 0 radical (unpaired) electrons. The van der Waals surface area contributed by atoms with Crippen molar-refractivity contribution < 1.29 is 9.18 Å². The van der Waals surface area contributed by atoms with Gasteiger partial charge in [-0.15, -0.1) is 0 Å². The van der Waals surface area contributed by atoms with E-state index in [0.717, 1.165) is 22.6 Å². The number of ketones is 1. The first-order valence-corrected chi connectivity index (χ1v) is 10.8. The SMILES string of the molecule is O=C1CC(c2ccc(Cl)cc2)CC2=C1C(c1c(F)cccc1Cl)Nc1ccccc1N2. The van der Waals surface area contributed by atoms with Gasteiger partial charge in [0, 0.05) is 33.3 Å². The molecule has 1 aliphatic heterocycles. The fourth-order valence-electron chi connectivity index (χ4n) is 4.47. The molecule has 1 heterocycles. The highest BCUT2D eigenvalue weighted by Crippen LogP contribution is 2.45. The number of anilines is 2. The number of rotatable bonds is 2. The second-order valence-electron chi connectivity index (χ2n) is 7.86. The monoisotopic (exact) mass is 452 g/mol. The van der Waals surface area contributed by atoms with Gasteiger partial charge in [0.15, 0.2) is 5.78 Å². The number of fused-ring (bicyclic) bond motifs is 1. The van der Waals surface area contributed by atoms with Crippen LogP contribution in [0.3, 0.4) is 0 Å². The van der Waals surface area contributed by atoms with Gasteiger partial charge in [-0.05, 0) is 54.3 Å². The van der Waals surface area contributed by atoms with Gasteiger partial charge in [-0.25, -0.2) is 4.39 Å². The first kappa shape index (κ1) is 20.1. The molecule has 1 aliphatic carbocycles. The van der Waals surface area contributed by atoms with Crippen LogP contribution in [0.2, 0.25) is 10.0 Å². The molecule has 0 aromatic heterocycles. The van der Waals surface area contributed by atoms with Crippen molar-refractivity contribution in [1.29, 1.82) is 0 Å². The lowest BCUT2D eigenvalue weighted by molar-refractivity contribution is -0.116. The lowest BCUT2D eigenvalue weighted by Crippen LogP contribution is -2.27. The average Bonchev–Trinajstić information content (AvgIpc) is 2.91. The van der Waals surface area contributed by atoms with E-state index in [9.17, 15) is 9.18 Å². The minimum Gasteiger partial charge on any atom is -0.372 e. The van der Waals surface area contributed by atoms with Crippen molar-refractivity contribution in [3.05, 3.63) is 105 Å². The number of allylic oxidation sites excluding steroid dienone is 1. The van der Waals surface area contributed by atoms with Gasteiger partial charge >= 0.3 is 0 Å². The van der Waals surface area contributed by atoms with Crippen LogP contribution in [-0.2, 0) is 4.79 Å². The van der Waals surface area contributed by atoms with E-state index in [2.05, 4.69) is 10.6 Å². The van der Waals surface area contributed by atoms with Gasteiger partial charge in [0.05, 0.1) is 17.4 Å². The van der Waals surface area contributed by atoms with Crippen LogP contribution in [0.15, 0.2) is 78.0 Å². The van der Waals surface area contributed by atoms with Crippen LogP contribution in [-0.4, -0.2) is 5.78 Å². The Kier molecular flexibility index (Phi) is 5.20. The molecule has 2 unspecified atom stereocenters. The highest BCUT2D eigenvalue weighted by molar-refractivity contribution is 6.31. The number of nitrogens with one attached hydrogen (secondary N) is 2. The van der Waals surface area contributed by atoms with Gasteiger partial charge in [-0.3, -0.25) is 4.79 Å². The van der Waals surface area contributed by atoms with E-state index in [1.165, 1.54) is 6.07 Å². The summed E-state index contributed by atoms with van der Waals surface area (Å²) >= 11 is 12.5. The Labute approximate surface area is 189 Å². The normalized spacial score (nSPS) is 20.3. The van der Waals surface area contributed by atoms with Crippen LogP contribution in [0.25, 0.3) is 0 Å². The predicted octanol–water partition coefficient (Wildman–Crippen LogP) is 7.11. The molecule has 0 spiro atoms. The minimum atomic E-state index is -0.682. The standard InChI is InChI=1S/C25H19Cl2FN2O/c26-16-10-8-14(9-11-16)15-12-21-24(22(31)13-15)25(23-17(27)4-3-5-18(23)28)30-20-7-2-1-6-19(20)29-21/h1-11,15,25,29-30H,12-13H2. The third-order valence-corrected chi connectivity index (χ3v) is 6.52.